The molecule has 1 heterocycles. The third kappa shape index (κ3) is 3.03. The first-order valence-electron chi connectivity index (χ1n) is 7.64. The average molecular weight is 271 g/mol. The van der Waals surface area contributed by atoms with Crippen molar-refractivity contribution in [3.63, 3.8) is 0 Å². The zero-order chi connectivity index (χ0) is 14.5. The molecule has 0 saturated carbocycles. The average Bonchev–Trinajstić information content (AvgIpc) is 2.69. The van der Waals surface area contributed by atoms with Gasteiger partial charge in [0.2, 0.25) is 0 Å². The molecule has 0 bridgehead atoms. The van der Waals surface area contributed by atoms with Gasteiger partial charge in [0.1, 0.15) is 0 Å². The number of nitrogens with two attached hydrogens (primary N) is 1. The molecule has 0 spiro atoms. The highest BCUT2D eigenvalue weighted by molar-refractivity contribution is 5.40. The highest BCUT2D eigenvalue weighted by Gasteiger charge is 2.32. The van der Waals surface area contributed by atoms with Crippen molar-refractivity contribution in [1.82, 2.24) is 4.90 Å². The lowest BCUT2D eigenvalue weighted by Crippen LogP contribution is -2.40. The van der Waals surface area contributed by atoms with Gasteiger partial charge >= 0.3 is 0 Å². The number of nitriles is 1. The summed E-state index contributed by atoms with van der Waals surface area (Å²) in [7, 11) is 0. The van der Waals surface area contributed by atoms with E-state index in [4.69, 9.17) is 5.73 Å². The van der Waals surface area contributed by atoms with Gasteiger partial charge in [0.15, 0.2) is 0 Å². The second kappa shape index (κ2) is 6.88. The van der Waals surface area contributed by atoms with E-state index in [1.807, 2.05) is 18.2 Å². The van der Waals surface area contributed by atoms with Crippen molar-refractivity contribution in [3.8, 4) is 6.07 Å². The molecule has 3 nitrogen and oxygen atoms in total. The van der Waals surface area contributed by atoms with Crippen molar-refractivity contribution in [2.24, 2.45) is 11.7 Å². The van der Waals surface area contributed by atoms with Crippen LogP contribution in [-0.4, -0.2) is 24.0 Å². The molecule has 0 radical (unpaired) electrons. The van der Waals surface area contributed by atoms with Crippen LogP contribution >= 0.6 is 0 Å². The number of likely N-dealkylation sites (tertiary alicyclic amines) is 1. The molecule has 1 aliphatic heterocycles. The summed E-state index contributed by atoms with van der Waals surface area (Å²) < 4.78 is 0. The Balaban J connectivity index is 2.46. The minimum atomic E-state index is 0.276. The summed E-state index contributed by atoms with van der Waals surface area (Å²) in [6, 6.07) is 11.1. The van der Waals surface area contributed by atoms with Gasteiger partial charge in [-0.2, -0.15) is 5.26 Å². The molecule has 0 amide bonds. The summed E-state index contributed by atoms with van der Waals surface area (Å²) in [4.78, 5) is 2.53. The summed E-state index contributed by atoms with van der Waals surface area (Å²) in [5, 5.41) is 9.40. The van der Waals surface area contributed by atoms with Crippen LogP contribution < -0.4 is 5.73 Å². The fraction of sp³-hybridized carbons (Fsp3) is 0.588. The molecule has 1 saturated heterocycles. The van der Waals surface area contributed by atoms with E-state index in [0.29, 0.717) is 18.5 Å². The molecular weight excluding hydrogens is 246 g/mol. The van der Waals surface area contributed by atoms with Gasteiger partial charge < -0.3 is 5.73 Å². The number of benzene rings is 1. The van der Waals surface area contributed by atoms with Crippen LogP contribution in [0.5, 0.6) is 0 Å². The first-order valence-corrected chi connectivity index (χ1v) is 7.64. The van der Waals surface area contributed by atoms with Crippen LogP contribution in [0.1, 0.15) is 50.3 Å². The van der Waals surface area contributed by atoms with Gasteiger partial charge in [0.25, 0.3) is 0 Å². The standard InChI is InChI=1S/C17H25N3/c1-13(2)20-10-6-5-8-15(12-19)17(20)16-9-4-3-7-14(16)11-18/h3-4,7,9,13,15,17H,5-6,8,10,12,19H2,1-2H3. The van der Waals surface area contributed by atoms with Gasteiger partial charge in [-0.25, -0.2) is 0 Å². The maximum Gasteiger partial charge on any atom is 0.0995 e. The lowest BCUT2D eigenvalue weighted by atomic mass is 9.86. The summed E-state index contributed by atoms with van der Waals surface area (Å²) in [5.41, 5.74) is 7.99. The van der Waals surface area contributed by atoms with Gasteiger partial charge in [-0.05, 0) is 57.3 Å². The maximum absolute atomic E-state index is 9.40. The number of hydrogen-bond acceptors (Lipinski definition) is 3. The Hall–Kier alpha value is -1.37. The minimum absolute atomic E-state index is 0.276. The van der Waals surface area contributed by atoms with E-state index >= 15 is 0 Å². The van der Waals surface area contributed by atoms with Crippen LogP contribution in [0.15, 0.2) is 24.3 Å². The third-order valence-electron chi connectivity index (χ3n) is 4.41. The van der Waals surface area contributed by atoms with E-state index in [2.05, 4.69) is 30.9 Å². The van der Waals surface area contributed by atoms with E-state index < -0.39 is 0 Å². The van der Waals surface area contributed by atoms with Crippen LogP contribution in [0.3, 0.4) is 0 Å². The molecule has 1 aliphatic rings. The molecule has 2 N–H and O–H groups in total. The van der Waals surface area contributed by atoms with Crippen LogP contribution in [0, 0.1) is 17.2 Å². The first-order chi connectivity index (χ1) is 9.69. The summed E-state index contributed by atoms with van der Waals surface area (Å²) in [5.74, 6) is 0.439. The van der Waals surface area contributed by atoms with Crippen molar-refractivity contribution >= 4 is 0 Å². The third-order valence-corrected chi connectivity index (χ3v) is 4.41. The van der Waals surface area contributed by atoms with Gasteiger partial charge in [-0.1, -0.05) is 24.6 Å². The highest BCUT2D eigenvalue weighted by Crippen LogP contribution is 2.37. The highest BCUT2D eigenvalue weighted by atomic mass is 15.2. The van der Waals surface area contributed by atoms with Gasteiger partial charge in [0.05, 0.1) is 11.6 Å². The second-order valence-corrected chi connectivity index (χ2v) is 5.97. The lowest BCUT2D eigenvalue weighted by molar-refractivity contribution is 0.121. The molecule has 2 rings (SSSR count). The Morgan fingerprint density at radius 2 is 2.10 bits per heavy atom. The maximum atomic E-state index is 9.40. The largest absolute Gasteiger partial charge is 0.330 e. The molecule has 2 unspecified atom stereocenters. The molecular formula is C17H25N3. The predicted molar refractivity (Wildman–Crippen MR) is 82.1 cm³/mol. The Kier molecular flexibility index (Phi) is 5.17. The molecule has 3 heteroatoms. The molecule has 1 aromatic carbocycles. The first kappa shape index (κ1) is 15.0. The van der Waals surface area contributed by atoms with E-state index in [-0.39, 0.29) is 6.04 Å². The van der Waals surface area contributed by atoms with Crippen LogP contribution in [-0.2, 0) is 0 Å². The predicted octanol–water partition coefficient (Wildman–Crippen LogP) is 3.07. The molecule has 20 heavy (non-hydrogen) atoms. The fourth-order valence-corrected chi connectivity index (χ4v) is 3.38. The molecule has 1 aromatic rings. The monoisotopic (exact) mass is 271 g/mol. The number of rotatable bonds is 3. The van der Waals surface area contributed by atoms with Crippen LogP contribution in [0.2, 0.25) is 0 Å². The van der Waals surface area contributed by atoms with E-state index in [1.165, 1.54) is 12.8 Å². The Labute approximate surface area is 122 Å². The van der Waals surface area contributed by atoms with Crippen LogP contribution in [0.25, 0.3) is 0 Å². The Bertz CT molecular complexity index is 475. The summed E-state index contributed by atoms with van der Waals surface area (Å²) >= 11 is 0. The smallest absolute Gasteiger partial charge is 0.0995 e. The zero-order valence-corrected chi connectivity index (χ0v) is 12.5. The lowest BCUT2D eigenvalue weighted by Gasteiger charge is -2.38. The minimum Gasteiger partial charge on any atom is -0.330 e. The van der Waals surface area contributed by atoms with Crippen molar-refractivity contribution in [1.29, 1.82) is 5.26 Å². The normalized spacial score (nSPS) is 24.4. The fourth-order valence-electron chi connectivity index (χ4n) is 3.38. The van der Waals surface area contributed by atoms with Crippen molar-refractivity contribution in [2.45, 2.75) is 45.2 Å². The van der Waals surface area contributed by atoms with Gasteiger partial charge in [-0.3, -0.25) is 4.90 Å². The van der Waals surface area contributed by atoms with E-state index in [1.54, 1.807) is 0 Å². The SMILES string of the molecule is CC(C)N1CCCCC(CN)C1c1ccccc1C#N. The topological polar surface area (TPSA) is 53.0 Å². The summed E-state index contributed by atoms with van der Waals surface area (Å²) in [6.07, 6.45) is 3.61. The Morgan fingerprint density at radius 1 is 1.35 bits per heavy atom. The second-order valence-electron chi connectivity index (χ2n) is 5.97. The van der Waals surface area contributed by atoms with Crippen molar-refractivity contribution in [2.75, 3.05) is 13.1 Å². The van der Waals surface area contributed by atoms with E-state index in [0.717, 1.165) is 24.1 Å². The van der Waals surface area contributed by atoms with Gasteiger partial charge in [-0.15, -0.1) is 0 Å². The number of hydrogen-bond donors (Lipinski definition) is 1. The molecule has 0 aromatic heterocycles. The number of nitrogens with zero attached hydrogens (tertiary/aromatic N) is 2. The molecule has 0 aliphatic carbocycles. The van der Waals surface area contributed by atoms with Crippen molar-refractivity contribution < 1.29 is 0 Å². The quantitative estimate of drug-likeness (QED) is 0.919. The van der Waals surface area contributed by atoms with E-state index in [9.17, 15) is 5.26 Å². The molecule has 1 fully saturated rings. The van der Waals surface area contributed by atoms with Gasteiger partial charge in [0, 0.05) is 12.1 Å². The Morgan fingerprint density at radius 3 is 2.75 bits per heavy atom. The van der Waals surface area contributed by atoms with Crippen molar-refractivity contribution in [3.05, 3.63) is 35.4 Å². The molecule has 2 atom stereocenters. The summed E-state index contributed by atoms with van der Waals surface area (Å²) in [6.45, 7) is 6.26. The molecule has 108 valence electrons. The van der Waals surface area contributed by atoms with Crippen LogP contribution in [0.4, 0.5) is 0 Å². The zero-order valence-electron chi connectivity index (χ0n) is 12.5.